The van der Waals surface area contributed by atoms with Crippen LogP contribution in [0.3, 0.4) is 0 Å². The van der Waals surface area contributed by atoms with Crippen LogP contribution in [0.1, 0.15) is 26.7 Å². The van der Waals surface area contributed by atoms with E-state index >= 15 is 4.39 Å². The number of carbonyl (C=O) groups is 1. The largest absolute Gasteiger partial charge is 0.325 e. The minimum atomic E-state index is -4.22. The van der Waals surface area contributed by atoms with Crippen LogP contribution >= 0.6 is 0 Å². The third-order valence-corrected chi connectivity index (χ3v) is 7.41. The third kappa shape index (κ3) is 3.71. The molecule has 11 heteroatoms. The van der Waals surface area contributed by atoms with E-state index in [9.17, 15) is 13.2 Å². The van der Waals surface area contributed by atoms with Crippen LogP contribution in [0.25, 0.3) is 0 Å². The van der Waals surface area contributed by atoms with Crippen molar-refractivity contribution < 1.29 is 17.6 Å². The van der Waals surface area contributed by atoms with Crippen molar-refractivity contribution in [2.45, 2.75) is 43.3 Å². The van der Waals surface area contributed by atoms with Gasteiger partial charge in [0.25, 0.3) is 0 Å². The van der Waals surface area contributed by atoms with Gasteiger partial charge in [0.05, 0.1) is 24.3 Å². The van der Waals surface area contributed by atoms with Crippen molar-refractivity contribution in [2.75, 3.05) is 18.4 Å². The lowest BCUT2D eigenvalue weighted by Gasteiger charge is -2.37. The average molecular weight is 410 g/mol. The Labute approximate surface area is 162 Å². The van der Waals surface area contributed by atoms with Crippen molar-refractivity contribution >= 4 is 21.6 Å². The van der Waals surface area contributed by atoms with E-state index in [-0.39, 0.29) is 37.0 Å². The lowest BCUT2D eigenvalue weighted by Crippen LogP contribution is -2.48. The number of hydrogen-bond donors (Lipinski definition) is 1. The summed E-state index contributed by atoms with van der Waals surface area (Å²) < 4.78 is 42.6. The third-order valence-electron chi connectivity index (χ3n) is 5.12. The molecule has 1 N–H and O–H groups in total. The van der Waals surface area contributed by atoms with Crippen molar-refractivity contribution in [2.24, 2.45) is 5.92 Å². The normalized spacial score (nSPS) is 17.9. The molecule has 28 heavy (non-hydrogen) atoms. The van der Waals surface area contributed by atoms with Gasteiger partial charge in [-0.05, 0) is 38.8 Å². The number of likely N-dealkylation sites (tertiary alicyclic amines) is 1. The number of aryl methyl sites for hydroxylation is 1. The van der Waals surface area contributed by atoms with Crippen LogP contribution < -0.4 is 5.32 Å². The molecule has 152 valence electrons. The summed E-state index contributed by atoms with van der Waals surface area (Å²) >= 11 is 0. The van der Waals surface area contributed by atoms with Gasteiger partial charge in [0.2, 0.25) is 14.8 Å². The molecule has 0 bridgehead atoms. The van der Waals surface area contributed by atoms with Crippen LogP contribution in [0.4, 0.5) is 14.9 Å². The zero-order valence-electron chi connectivity index (χ0n) is 15.7. The molecule has 0 aromatic carbocycles. The highest BCUT2D eigenvalue weighted by molar-refractivity contribution is 7.92. The summed E-state index contributed by atoms with van der Waals surface area (Å²) in [6.07, 6.45) is 4.73. The Kier molecular flexibility index (Phi) is 5.64. The van der Waals surface area contributed by atoms with Crippen molar-refractivity contribution in [1.29, 1.82) is 0 Å². The van der Waals surface area contributed by atoms with Crippen LogP contribution in [-0.2, 0) is 16.4 Å². The first-order valence-electron chi connectivity index (χ1n) is 9.05. The van der Waals surface area contributed by atoms with Crippen LogP contribution in [0, 0.1) is 5.92 Å². The topological polar surface area (TPSA) is 110 Å². The van der Waals surface area contributed by atoms with Gasteiger partial charge in [-0.25, -0.2) is 17.6 Å². The smallest absolute Gasteiger partial charge is 0.321 e. The lowest BCUT2D eigenvalue weighted by molar-refractivity contribution is 0.117. The van der Waals surface area contributed by atoms with E-state index in [0.29, 0.717) is 12.2 Å². The summed E-state index contributed by atoms with van der Waals surface area (Å²) in [5.41, 5.74) is 0.507. The summed E-state index contributed by atoms with van der Waals surface area (Å²) in [5.74, 6) is -0.718. The van der Waals surface area contributed by atoms with Crippen molar-refractivity contribution in [3.8, 4) is 0 Å². The summed E-state index contributed by atoms with van der Waals surface area (Å²) in [6.45, 7) is 3.71. The first kappa shape index (κ1) is 20.2. The van der Waals surface area contributed by atoms with E-state index in [1.165, 1.54) is 34.2 Å². The minimum Gasteiger partial charge on any atom is -0.325 e. The maximum Gasteiger partial charge on any atom is 0.321 e. The Morgan fingerprint density at radius 1 is 1.29 bits per heavy atom. The van der Waals surface area contributed by atoms with Gasteiger partial charge in [0, 0.05) is 25.6 Å². The number of piperidine rings is 1. The molecule has 0 aliphatic carbocycles. The van der Waals surface area contributed by atoms with E-state index in [0.717, 1.165) is 6.92 Å². The fourth-order valence-corrected chi connectivity index (χ4v) is 5.15. The summed E-state index contributed by atoms with van der Waals surface area (Å²) in [6, 6.07) is 2.60. The maximum atomic E-state index is 15.5. The number of rotatable bonds is 5. The molecule has 1 aliphatic rings. The van der Waals surface area contributed by atoms with Gasteiger partial charge in [0.15, 0.2) is 5.03 Å². The Hall–Kier alpha value is -2.56. The van der Waals surface area contributed by atoms with Crippen LogP contribution in [-0.4, -0.2) is 57.4 Å². The fourth-order valence-electron chi connectivity index (χ4n) is 3.38. The van der Waals surface area contributed by atoms with Crippen molar-refractivity contribution in [3.05, 3.63) is 30.7 Å². The number of hydrogen-bond acceptors (Lipinski definition) is 6. The summed E-state index contributed by atoms with van der Waals surface area (Å²) in [4.78, 5) is 13.9. The Balaban J connectivity index is 1.67. The van der Waals surface area contributed by atoms with Crippen molar-refractivity contribution in [1.82, 2.24) is 24.9 Å². The molecule has 9 nitrogen and oxygen atoms in total. The van der Waals surface area contributed by atoms with Crippen LogP contribution in [0.5, 0.6) is 0 Å². The highest BCUT2D eigenvalue weighted by atomic mass is 32.2. The molecule has 2 aromatic rings. The monoisotopic (exact) mass is 410 g/mol. The Morgan fingerprint density at radius 2 is 2.00 bits per heavy atom. The second-order valence-electron chi connectivity index (χ2n) is 6.80. The van der Waals surface area contributed by atoms with E-state index < -0.39 is 20.8 Å². The molecular formula is C17H23FN6O3S. The fraction of sp³-hybridized carbons (Fsp3) is 0.529. The number of urea groups is 1. The lowest BCUT2D eigenvalue weighted by atomic mass is 9.92. The number of halogens is 1. The number of carbonyl (C=O) groups excluding carboxylic acids is 1. The molecule has 1 aliphatic heterocycles. The van der Waals surface area contributed by atoms with E-state index in [1.54, 1.807) is 13.0 Å². The van der Waals surface area contributed by atoms with Gasteiger partial charge in [-0.3, -0.25) is 4.68 Å². The number of nitrogens with one attached hydrogen (secondary N) is 1. The van der Waals surface area contributed by atoms with Gasteiger partial charge in [-0.2, -0.15) is 15.3 Å². The first-order chi connectivity index (χ1) is 13.3. The molecule has 1 saturated heterocycles. The number of alkyl halides is 1. The second kappa shape index (κ2) is 7.82. The van der Waals surface area contributed by atoms with Gasteiger partial charge in [0.1, 0.15) is 0 Å². The highest BCUT2D eigenvalue weighted by Gasteiger charge is 2.49. The maximum absolute atomic E-state index is 15.5. The van der Waals surface area contributed by atoms with E-state index in [4.69, 9.17) is 0 Å². The number of amides is 2. The predicted octanol–water partition coefficient (Wildman–Crippen LogP) is 2.10. The van der Waals surface area contributed by atoms with Crippen molar-refractivity contribution in [3.63, 3.8) is 0 Å². The van der Waals surface area contributed by atoms with E-state index in [1.807, 2.05) is 0 Å². The van der Waals surface area contributed by atoms with E-state index in [2.05, 4.69) is 20.6 Å². The van der Waals surface area contributed by atoms with Gasteiger partial charge in [-0.15, -0.1) is 0 Å². The van der Waals surface area contributed by atoms with Gasteiger partial charge < -0.3 is 10.2 Å². The summed E-state index contributed by atoms with van der Waals surface area (Å²) in [5, 5.41) is 11.4. The molecule has 2 aromatic heterocycles. The number of aromatic nitrogens is 4. The number of sulfone groups is 1. The molecular weight excluding hydrogens is 387 g/mol. The minimum absolute atomic E-state index is 0.120. The number of anilines is 1. The Morgan fingerprint density at radius 3 is 2.61 bits per heavy atom. The zero-order chi connectivity index (χ0) is 20.4. The van der Waals surface area contributed by atoms with Gasteiger partial charge in [-0.1, -0.05) is 0 Å². The molecule has 1 fully saturated rings. The molecule has 0 saturated carbocycles. The molecule has 3 rings (SSSR count). The SMILES string of the molecule is CCn1nccc1S(=O)(=O)C(C)(F)C1CCN(C(=O)Nc2ccnnc2)CC1. The molecule has 3 heterocycles. The molecule has 0 radical (unpaired) electrons. The number of nitrogens with zero attached hydrogens (tertiary/aromatic N) is 5. The van der Waals surface area contributed by atoms with Gasteiger partial charge >= 0.3 is 6.03 Å². The van der Waals surface area contributed by atoms with Crippen LogP contribution in [0.15, 0.2) is 35.7 Å². The average Bonchev–Trinajstić information content (AvgIpc) is 3.18. The first-order valence-corrected chi connectivity index (χ1v) is 10.5. The van der Waals surface area contributed by atoms with Crippen LogP contribution in [0.2, 0.25) is 0 Å². The quantitative estimate of drug-likeness (QED) is 0.808. The Bertz CT molecular complexity index is 923. The molecule has 1 unspecified atom stereocenters. The molecule has 0 spiro atoms. The second-order valence-corrected chi connectivity index (χ2v) is 9.02. The molecule has 1 atom stereocenters. The highest BCUT2D eigenvalue weighted by Crippen LogP contribution is 2.39. The zero-order valence-corrected chi connectivity index (χ0v) is 16.6. The predicted molar refractivity (Wildman–Crippen MR) is 99.9 cm³/mol. The summed E-state index contributed by atoms with van der Waals surface area (Å²) in [7, 11) is -4.22. The standard InChI is InChI=1S/C17H23FN6O3S/c1-3-24-15(5-9-21-24)28(26,27)17(2,18)13-6-10-23(11-7-13)16(25)22-14-4-8-19-20-12-14/h4-5,8-9,12-13H,3,6-7,10-11H2,1-2H3,(H,19,22,25). The molecule has 2 amide bonds.